The summed E-state index contributed by atoms with van der Waals surface area (Å²) in [5.74, 6) is 1.12. The topological polar surface area (TPSA) is 58.1 Å². The Morgan fingerprint density at radius 1 is 1.29 bits per heavy atom. The van der Waals surface area contributed by atoms with Crippen LogP contribution >= 0.6 is 22.7 Å². The fourth-order valence-electron chi connectivity index (χ4n) is 2.93. The van der Waals surface area contributed by atoms with E-state index < -0.39 is 0 Å². The molecule has 1 N–H and O–H groups in total. The van der Waals surface area contributed by atoms with Crippen molar-refractivity contribution >= 4 is 44.6 Å². The van der Waals surface area contributed by atoms with E-state index in [4.69, 9.17) is 0 Å². The van der Waals surface area contributed by atoms with E-state index in [1.165, 1.54) is 10.4 Å². The molecule has 4 rings (SSSR count). The van der Waals surface area contributed by atoms with Crippen LogP contribution in [0.2, 0.25) is 0 Å². The molecule has 3 aromatic rings. The van der Waals surface area contributed by atoms with E-state index in [1.807, 2.05) is 11.4 Å². The highest BCUT2D eigenvalue weighted by molar-refractivity contribution is 7.17. The maximum Gasteiger partial charge on any atom is 0.220 e. The van der Waals surface area contributed by atoms with Crippen LogP contribution < -0.4 is 10.2 Å². The largest absolute Gasteiger partial charge is 0.351 e. The van der Waals surface area contributed by atoms with Crippen molar-refractivity contribution in [1.29, 1.82) is 0 Å². The molecule has 0 bridgehead atoms. The van der Waals surface area contributed by atoms with Gasteiger partial charge in [0.1, 0.15) is 12.1 Å². The quantitative estimate of drug-likeness (QED) is 0.762. The molecule has 0 radical (unpaired) electrons. The average molecular weight is 358 g/mol. The van der Waals surface area contributed by atoms with E-state index in [9.17, 15) is 4.79 Å². The van der Waals surface area contributed by atoms with Crippen LogP contribution in [0.25, 0.3) is 10.2 Å². The lowest BCUT2D eigenvalue weighted by Gasteiger charge is -2.40. The third-order valence-corrected chi connectivity index (χ3v) is 6.30. The van der Waals surface area contributed by atoms with Gasteiger partial charge in [0.2, 0.25) is 5.91 Å². The van der Waals surface area contributed by atoms with Crippen LogP contribution in [-0.2, 0) is 11.2 Å². The number of carbonyl (C=O) groups excluding carboxylic acids is 1. The van der Waals surface area contributed by atoms with Crippen molar-refractivity contribution in [2.75, 3.05) is 18.0 Å². The molecule has 7 heteroatoms. The lowest BCUT2D eigenvalue weighted by molar-refractivity contribution is -0.121. The molecule has 1 fully saturated rings. The fraction of sp³-hybridized carbons (Fsp3) is 0.353. The number of fused-ring (bicyclic) bond motifs is 1. The number of aryl methyl sites for hydroxylation is 2. The maximum atomic E-state index is 12.1. The monoisotopic (exact) mass is 358 g/mol. The van der Waals surface area contributed by atoms with E-state index in [0.29, 0.717) is 6.42 Å². The first-order chi connectivity index (χ1) is 11.7. The molecule has 5 nitrogen and oxygen atoms in total. The van der Waals surface area contributed by atoms with Crippen molar-refractivity contribution in [3.63, 3.8) is 0 Å². The number of anilines is 1. The van der Waals surface area contributed by atoms with Crippen LogP contribution in [0, 0.1) is 6.92 Å². The van der Waals surface area contributed by atoms with Crippen molar-refractivity contribution in [2.45, 2.75) is 25.8 Å². The Morgan fingerprint density at radius 3 is 2.92 bits per heavy atom. The van der Waals surface area contributed by atoms with Crippen molar-refractivity contribution < 1.29 is 4.79 Å². The van der Waals surface area contributed by atoms with Crippen LogP contribution in [0.4, 0.5) is 5.82 Å². The second kappa shape index (κ2) is 6.49. The molecule has 1 saturated heterocycles. The molecule has 0 aliphatic carbocycles. The second-order valence-electron chi connectivity index (χ2n) is 6.03. The zero-order chi connectivity index (χ0) is 16.5. The van der Waals surface area contributed by atoms with E-state index in [1.54, 1.807) is 29.0 Å². The predicted molar refractivity (Wildman–Crippen MR) is 98.9 cm³/mol. The van der Waals surface area contributed by atoms with E-state index >= 15 is 0 Å². The SMILES string of the molecule is Cc1ccsc1CCC(=O)NC1CN(c2ncnc3ccsc23)C1. The molecule has 0 saturated carbocycles. The molecular formula is C17H18N4OS2. The molecule has 1 aliphatic heterocycles. The zero-order valence-electron chi connectivity index (χ0n) is 13.4. The Morgan fingerprint density at radius 2 is 2.12 bits per heavy atom. The predicted octanol–water partition coefficient (Wildman–Crippen LogP) is 3.00. The zero-order valence-corrected chi connectivity index (χ0v) is 15.0. The molecular weight excluding hydrogens is 340 g/mol. The molecule has 0 unspecified atom stereocenters. The van der Waals surface area contributed by atoms with Gasteiger partial charge in [-0.1, -0.05) is 0 Å². The average Bonchev–Trinajstić information content (AvgIpc) is 3.17. The number of carbonyl (C=O) groups is 1. The summed E-state index contributed by atoms with van der Waals surface area (Å²) >= 11 is 3.39. The normalized spacial score (nSPS) is 14.8. The minimum absolute atomic E-state index is 0.136. The van der Waals surface area contributed by atoms with Crippen LogP contribution in [0.15, 0.2) is 29.2 Å². The number of hydrogen-bond donors (Lipinski definition) is 1. The van der Waals surface area contributed by atoms with Crippen LogP contribution in [0.3, 0.4) is 0 Å². The van der Waals surface area contributed by atoms with Gasteiger partial charge in [0.15, 0.2) is 0 Å². The third-order valence-electron chi connectivity index (χ3n) is 4.32. The Labute approximate surface area is 148 Å². The van der Waals surface area contributed by atoms with Crippen LogP contribution in [0.5, 0.6) is 0 Å². The third kappa shape index (κ3) is 3.01. The molecule has 3 aromatic heterocycles. The van der Waals surface area contributed by atoms with Crippen molar-refractivity contribution in [1.82, 2.24) is 15.3 Å². The van der Waals surface area contributed by atoms with Gasteiger partial charge in [0.25, 0.3) is 0 Å². The highest BCUT2D eigenvalue weighted by Gasteiger charge is 2.30. The Bertz CT molecular complexity index is 866. The molecule has 1 amide bonds. The standard InChI is InChI=1S/C17H18N4OS2/c1-11-4-6-23-14(11)2-3-15(22)20-12-8-21(9-12)17-16-13(5-7-24-16)18-10-19-17/h4-7,10,12H,2-3,8-9H2,1H3,(H,20,22). The van der Waals surface area contributed by atoms with Gasteiger partial charge in [0, 0.05) is 24.4 Å². The second-order valence-corrected chi connectivity index (χ2v) is 7.95. The van der Waals surface area contributed by atoms with E-state index in [0.717, 1.165) is 35.5 Å². The lowest BCUT2D eigenvalue weighted by Crippen LogP contribution is -2.59. The van der Waals surface area contributed by atoms with E-state index in [2.05, 4.69) is 38.6 Å². The minimum atomic E-state index is 0.136. The first-order valence-electron chi connectivity index (χ1n) is 7.96. The van der Waals surface area contributed by atoms with Gasteiger partial charge in [-0.05, 0) is 41.8 Å². The summed E-state index contributed by atoms with van der Waals surface area (Å²) in [4.78, 5) is 24.3. The summed E-state index contributed by atoms with van der Waals surface area (Å²) in [6.45, 7) is 3.72. The first-order valence-corrected chi connectivity index (χ1v) is 9.72. The highest BCUT2D eigenvalue weighted by atomic mass is 32.1. The number of amides is 1. The van der Waals surface area contributed by atoms with Gasteiger partial charge in [-0.15, -0.1) is 22.7 Å². The molecule has 4 heterocycles. The van der Waals surface area contributed by atoms with Gasteiger partial charge >= 0.3 is 0 Å². The van der Waals surface area contributed by atoms with Crippen molar-refractivity contribution in [3.8, 4) is 0 Å². The van der Waals surface area contributed by atoms with E-state index in [-0.39, 0.29) is 11.9 Å². The number of aromatic nitrogens is 2. The first kappa shape index (κ1) is 15.5. The fourth-order valence-corrected chi connectivity index (χ4v) is 4.70. The summed E-state index contributed by atoms with van der Waals surface area (Å²) in [5, 5.41) is 7.24. The van der Waals surface area contributed by atoms with Crippen LogP contribution in [0.1, 0.15) is 16.9 Å². The smallest absolute Gasteiger partial charge is 0.220 e. The van der Waals surface area contributed by atoms with Gasteiger partial charge in [0.05, 0.1) is 16.3 Å². The highest BCUT2D eigenvalue weighted by Crippen LogP contribution is 2.30. The summed E-state index contributed by atoms with van der Waals surface area (Å²) in [6.07, 6.45) is 2.99. The number of nitrogens with zero attached hydrogens (tertiary/aromatic N) is 3. The van der Waals surface area contributed by atoms with Gasteiger partial charge in [-0.3, -0.25) is 4.79 Å². The van der Waals surface area contributed by atoms with Crippen LogP contribution in [-0.4, -0.2) is 35.0 Å². The molecule has 24 heavy (non-hydrogen) atoms. The molecule has 124 valence electrons. The summed E-state index contributed by atoms with van der Waals surface area (Å²) in [5.41, 5.74) is 2.27. The number of nitrogens with one attached hydrogen (secondary N) is 1. The van der Waals surface area contributed by atoms with Crippen molar-refractivity contribution in [3.05, 3.63) is 39.7 Å². The molecule has 0 atom stereocenters. The molecule has 0 spiro atoms. The lowest BCUT2D eigenvalue weighted by atomic mass is 10.1. The minimum Gasteiger partial charge on any atom is -0.351 e. The summed E-state index contributed by atoms with van der Waals surface area (Å²) < 4.78 is 1.12. The molecule has 1 aliphatic rings. The Balaban J connectivity index is 1.29. The summed E-state index contributed by atoms with van der Waals surface area (Å²) in [7, 11) is 0. The number of thiophene rings is 2. The maximum absolute atomic E-state index is 12.1. The van der Waals surface area contributed by atoms with Crippen molar-refractivity contribution in [2.24, 2.45) is 0 Å². The number of rotatable bonds is 5. The molecule has 0 aromatic carbocycles. The Hall–Kier alpha value is -1.99. The van der Waals surface area contributed by atoms with Gasteiger partial charge in [-0.2, -0.15) is 0 Å². The number of hydrogen-bond acceptors (Lipinski definition) is 6. The van der Waals surface area contributed by atoms with Gasteiger partial charge in [-0.25, -0.2) is 9.97 Å². The van der Waals surface area contributed by atoms with Gasteiger partial charge < -0.3 is 10.2 Å². The summed E-state index contributed by atoms with van der Waals surface area (Å²) in [6, 6.07) is 4.33. The Kier molecular flexibility index (Phi) is 4.20.